The molecule has 2 heteroatoms. The van der Waals surface area contributed by atoms with E-state index < -0.39 is 0 Å². The molecule has 0 aromatic rings. The molecule has 0 spiro atoms. The summed E-state index contributed by atoms with van der Waals surface area (Å²) in [6, 6.07) is 1.65. The first kappa shape index (κ1) is 9.47. The van der Waals surface area contributed by atoms with Gasteiger partial charge in [0.2, 0.25) is 0 Å². The van der Waals surface area contributed by atoms with Gasteiger partial charge in [-0.2, -0.15) is 0 Å². The Morgan fingerprint density at radius 1 is 1.23 bits per heavy atom. The van der Waals surface area contributed by atoms with Crippen molar-refractivity contribution in [2.24, 2.45) is 5.92 Å². The molecule has 0 bridgehead atoms. The zero-order chi connectivity index (χ0) is 9.26. The summed E-state index contributed by atoms with van der Waals surface area (Å²) >= 11 is 0. The van der Waals surface area contributed by atoms with E-state index in [-0.39, 0.29) is 0 Å². The van der Waals surface area contributed by atoms with Crippen molar-refractivity contribution in [2.75, 3.05) is 19.6 Å². The molecule has 13 heavy (non-hydrogen) atoms. The number of hydrogen-bond acceptors (Lipinski definition) is 2. The summed E-state index contributed by atoms with van der Waals surface area (Å²) in [7, 11) is 0. The van der Waals surface area contributed by atoms with Crippen LogP contribution in [0.25, 0.3) is 0 Å². The lowest BCUT2D eigenvalue weighted by molar-refractivity contribution is 0.117. The fourth-order valence-electron chi connectivity index (χ4n) is 2.88. The van der Waals surface area contributed by atoms with E-state index in [0.717, 1.165) is 18.0 Å². The Morgan fingerprint density at radius 3 is 2.69 bits per heavy atom. The molecule has 2 aliphatic rings. The molecule has 1 saturated carbocycles. The van der Waals surface area contributed by atoms with Gasteiger partial charge in [0.15, 0.2) is 0 Å². The number of rotatable bonds is 1. The molecule has 76 valence electrons. The standard InChI is InChI=1S/C11H22N2/c1-9-3-4-11(7-9)13-6-5-12-8-10(13)2/h9-12H,3-8H2,1-2H3/t9?,10-,11?/m0/s1. The first-order valence-corrected chi connectivity index (χ1v) is 5.74. The number of nitrogens with one attached hydrogen (secondary N) is 1. The summed E-state index contributed by atoms with van der Waals surface area (Å²) in [6.07, 6.45) is 4.32. The van der Waals surface area contributed by atoms with Crippen molar-refractivity contribution in [3.05, 3.63) is 0 Å². The third kappa shape index (κ3) is 2.05. The number of piperazine rings is 1. The lowest BCUT2D eigenvalue weighted by Crippen LogP contribution is -2.53. The summed E-state index contributed by atoms with van der Waals surface area (Å²) in [6.45, 7) is 8.39. The number of hydrogen-bond donors (Lipinski definition) is 1. The van der Waals surface area contributed by atoms with Crippen LogP contribution in [0.4, 0.5) is 0 Å². The van der Waals surface area contributed by atoms with Crippen LogP contribution in [0.2, 0.25) is 0 Å². The topological polar surface area (TPSA) is 15.3 Å². The largest absolute Gasteiger partial charge is 0.314 e. The summed E-state index contributed by atoms with van der Waals surface area (Å²) in [5.74, 6) is 0.965. The maximum Gasteiger partial charge on any atom is 0.0195 e. The fourth-order valence-corrected chi connectivity index (χ4v) is 2.88. The molecule has 1 N–H and O–H groups in total. The first-order chi connectivity index (χ1) is 6.27. The van der Waals surface area contributed by atoms with Crippen LogP contribution in [0.3, 0.4) is 0 Å². The normalized spacial score (nSPS) is 42.5. The lowest BCUT2D eigenvalue weighted by Gasteiger charge is -2.38. The van der Waals surface area contributed by atoms with E-state index in [1.54, 1.807) is 0 Å². The van der Waals surface area contributed by atoms with Crippen LogP contribution in [-0.2, 0) is 0 Å². The van der Waals surface area contributed by atoms with E-state index in [2.05, 4.69) is 24.1 Å². The van der Waals surface area contributed by atoms with Crippen molar-refractivity contribution in [2.45, 2.75) is 45.2 Å². The molecule has 2 fully saturated rings. The lowest BCUT2D eigenvalue weighted by atomic mass is 10.1. The molecule has 0 amide bonds. The van der Waals surface area contributed by atoms with Crippen LogP contribution in [0, 0.1) is 5.92 Å². The predicted molar refractivity (Wildman–Crippen MR) is 55.8 cm³/mol. The van der Waals surface area contributed by atoms with Gasteiger partial charge in [0, 0.05) is 31.7 Å². The molecule has 0 aromatic heterocycles. The molecule has 2 nitrogen and oxygen atoms in total. The summed E-state index contributed by atoms with van der Waals surface area (Å²) in [5, 5.41) is 3.46. The quantitative estimate of drug-likeness (QED) is 0.660. The van der Waals surface area contributed by atoms with Crippen LogP contribution in [0.5, 0.6) is 0 Å². The zero-order valence-electron chi connectivity index (χ0n) is 8.92. The van der Waals surface area contributed by atoms with E-state index in [0.29, 0.717) is 0 Å². The maximum atomic E-state index is 3.46. The van der Waals surface area contributed by atoms with Gasteiger partial charge < -0.3 is 5.32 Å². The summed E-state index contributed by atoms with van der Waals surface area (Å²) in [5.41, 5.74) is 0. The van der Waals surface area contributed by atoms with Gasteiger partial charge >= 0.3 is 0 Å². The highest BCUT2D eigenvalue weighted by Gasteiger charge is 2.30. The van der Waals surface area contributed by atoms with Crippen LogP contribution < -0.4 is 5.32 Å². The molecule has 3 atom stereocenters. The molecule has 1 aliphatic carbocycles. The van der Waals surface area contributed by atoms with Gasteiger partial charge in [-0.1, -0.05) is 6.92 Å². The van der Waals surface area contributed by atoms with Crippen molar-refractivity contribution < 1.29 is 0 Å². The Morgan fingerprint density at radius 2 is 2.08 bits per heavy atom. The second-order valence-electron chi connectivity index (χ2n) is 4.86. The zero-order valence-corrected chi connectivity index (χ0v) is 8.92. The molecule has 2 rings (SSSR count). The average molecular weight is 182 g/mol. The van der Waals surface area contributed by atoms with E-state index in [4.69, 9.17) is 0 Å². The van der Waals surface area contributed by atoms with Gasteiger partial charge in [-0.15, -0.1) is 0 Å². The van der Waals surface area contributed by atoms with Gasteiger partial charge in [0.05, 0.1) is 0 Å². The highest BCUT2D eigenvalue weighted by Crippen LogP contribution is 2.30. The minimum atomic E-state index is 0.754. The fraction of sp³-hybridized carbons (Fsp3) is 1.00. The molecule has 1 saturated heterocycles. The highest BCUT2D eigenvalue weighted by molar-refractivity contribution is 4.87. The molecule has 1 aliphatic heterocycles. The van der Waals surface area contributed by atoms with Crippen molar-refractivity contribution in [3.8, 4) is 0 Å². The van der Waals surface area contributed by atoms with Crippen LogP contribution >= 0.6 is 0 Å². The average Bonchev–Trinajstić information content (AvgIpc) is 2.53. The Balaban J connectivity index is 1.91. The van der Waals surface area contributed by atoms with Crippen LogP contribution in [-0.4, -0.2) is 36.6 Å². The molecule has 0 aromatic carbocycles. The highest BCUT2D eigenvalue weighted by atomic mass is 15.2. The molecule has 2 unspecified atom stereocenters. The second-order valence-corrected chi connectivity index (χ2v) is 4.86. The van der Waals surface area contributed by atoms with Crippen molar-refractivity contribution in [1.82, 2.24) is 10.2 Å². The SMILES string of the molecule is CC1CCC(N2CCNC[C@@H]2C)C1. The predicted octanol–water partition coefficient (Wildman–Crippen LogP) is 1.47. The van der Waals surface area contributed by atoms with Gasteiger partial charge in [0.1, 0.15) is 0 Å². The summed E-state index contributed by atoms with van der Waals surface area (Å²) < 4.78 is 0. The van der Waals surface area contributed by atoms with Gasteiger partial charge in [-0.25, -0.2) is 0 Å². The van der Waals surface area contributed by atoms with Crippen molar-refractivity contribution >= 4 is 0 Å². The first-order valence-electron chi connectivity index (χ1n) is 5.74. The minimum Gasteiger partial charge on any atom is -0.314 e. The second kappa shape index (κ2) is 3.97. The molecular weight excluding hydrogens is 160 g/mol. The molecule has 1 heterocycles. The van der Waals surface area contributed by atoms with Crippen molar-refractivity contribution in [3.63, 3.8) is 0 Å². The Hall–Kier alpha value is -0.0800. The van der Waals surface area contributed by atoms with Crippen molar-refractivity contribution in [1.29, 1.82) is 0 Å². The minimum absolute atomic E-state index is 0.754. The monoisotopic (exact) mass is 182 g/mol. The van der Waals surface area contributed by atoms with Crippen LogP contribution in [0.15, 0.2) is 0 Å². The molecule has 0 radical (unpaired) electrons. The third-order valence-corrected chi connectivity index (χ3v) is 3.69. The maximum absolute atomic E-state index is 3.46. The van der Waals surface area contributed by atoms with E-state index in [1.807, 2.05) is 0 Å². The van der Waals surface area contributed by atoms with E-state index in [9.17, 15) is 0 Å². The summed E-state index contributed by atoms with van der Waals surface area (Å²) in [4.78, 5) is 2.72. The number of nitrogens with zero attached hydrogens (tertiary/aromatic N) is 1. The van der Waals surface area contributed by atoms with E-state index >= 15 is 0 Å². The Bertz CT molecular complexity index is 169. The van der Waals surface area contributed by atoms with Gasteiger partial charge in [0.25, 0.3) is 0 Å². The Labute approximate surface area is 81.7 Å². The van der Waals surface area contributed by atoms with E-state index in [1.165, 1.54) is 38.9 Å². The molecular formula is C11H22N2. The Kier molecular flexibility index (Phi) is 2.89. The van der Waals surface area contributed by atoms with Crippen LogP contribution in [0.1, 0.15) is 33.1 Å². The third-order valence-electron chi connectivity index (χ3n) is 3.69. The smallest absolute Gasteiger partial charge is 0.0195 e. The van der Waals surface area contributed by atoms with Gasteiger partial charge in [-0.05, 0) is 32.1 Å². The van der Waals surface area contributed by atoms with Gasteiger partial charge in [-0.3, -0.25) is 4.90 Å².